The van der Waals surface area contributed by atoms with Crippen molar-refractivity contribution in [3.05, 3.63) is 28.8 Å². The Hall–Kier alpha value is -1.26. The lowest BCUT2D eigenvalue weighted by atomic mass is 10.1. The van der Waals surface area contributed by atoms with Crippen LogP contribution >= 0.6 is 11.6 Å². The Bertz CT molecular complexity index is 438. The van der Waals surface area contributed by atoms with Crippen LogP contribution in [-0.4, -0.2) is 32.2 Å². The molecule has 0 radical (unpaired) electrons. The maximum absolute atomic E-state index is 12.2. The van der Waals surface area contributed by atoms with Crippen LogP contribution in [-0.2, 0) is 4.74 Å². The normalized spacial score (nSPS) is 10.4. The molecule has 0 saturated carbocycles. The molecule has 2 N–H and O–H groups in total. The lowest BCUT2D eigenvalue weighted by Crippen LogP contribution is -2.26. The van der Waals surface area contributed by atoms with Crippen LogP contribution in [0.3, 0.4) is 0 Å². The van der Waals surface area contributed by atoms with Gasteiger partial charge in [0, 0.05) is 37.0 Å². The van der Waals surface area contributed by atoms with Gasteiger partial charge in [0.25, 0.3) is 5.91 Å². The first-order valence-electron chi connectivity index (χ1n) is 7.58. The summed E-state index contributed by atoms with van der Waals surface area (Å²) in [7, 11) is 0. The van der Waals surface area contributed by atoms with E-state index in [-0.39, 0.29) is 5.91 Å². The standard InChI is InChI=1S/C16H25ClN2O2/c1-3-5-10-21-11-6-9-19-16(20)14-12-13(17)7-8-15(14)18-4-2/h7-8,12,18H,3-6,9-11H2,1-2H3,(H,19,20). The van der Waals surface area contributed by atoms with Crippen LogP contribution in [0.25, 0.3) is 0 Å². The molecular weight excluding hydrogens is 288 g/mol. The van der Waals surface area contributed by atoms with Crippen LogP contribution in [0.1, 0.15) is 43.5 Å². The SMILES string of the molecule is CCCCOCCCNC(=O)c1cc(Cl)ccc1NCC. The first-order valence-corrected chi connectivity index (χ1v) is 7.96. The van der Waals surface area contributed by atoms with E-state index in [4.69, 9.17) is 16.3 Å². The number of amides is 1. The largest absolute Gasteiger partial charge is 0.385 e. The number of halogens is 1. The Morgan fingerprint density at radius 1 is 1.24 bits per heavy atom. The minimum Gasteiger partial charge on any atom is -0.385 e. The van der Waals surface area contributed by atoms with Gasteiger partial charge in [0.2, 0.25) is 0 Å². The number of unbranched alkanes of at least 4 members (excludes halogenated alkanes) is 1. The van der Waals surface area contributed by atoms with Gasteiger partial charge in [-0.1, -0.05) is 24.9 Å². The van der Waals surface area contributed by atoms with Crippen molar-refractivity contribution < 1.29 is 9.53 Å². The average molecular weight is 313 g/mol. The van der Waals surface area contributed by atoms with E-state index in [0.29, 0.717) is 23.7 Å². The highest BCUT2D eigenvalue weighted by atomic mass is 35.5. The highest BCUT2D eigenvalue weighted by molar-refractivity contribution is 6.31. The summed E-state index contributed by atoms with van der Waals surface area (Å²) in [6.45, 7) is 6.95. The zero-order chi connectivity index (χ0) is 15.5. The number of carbonyl (C=O) groups excluding carboxylic acids is 1. The topological polar surface area (TPSA) is 50.4 Å². The Kier molecular flexibility index (Phi) is 8.87. The number of anilines is 1. The van der Waals surface area contributed by atoms with Crippen LogP contribution < -0.4 is 10.6 Å². The van der Waals surface area contributed by atoms with Gasteiger partial charge in [-0.15, -0.1) is 0 Å². The van der Waals surface area contributed by atoms with Gasteiger partial charge < -0.3 is 15.4 Å². The minimum atomic E-state index is -0.109. The van der Waals surface area contributed by atoms with Gasteiger partial charge in [0.05, 0.1) is 5.56 Å². The number of carbonyl (C=O) groups is 1. The van der Waals surface area contributed by atoms with Crippen molar-refractivity contribution in [3.8, 4) is 0 Å². The highest BCUT2D eigenvalue weighted by Gasteiger charge is 2.11. The van der Waals surface area contributed by atoms with E-state index in [1.54, 1.807) is 12.1 Å². The molecular formula is C16H25ClN2O2. The van der Waals surface area contributed by atoms with Crippen LogP contribution in [0.5, 0.6) is 0 Å². The van der Waals surface area contributed by atoms with E-state index < -0.39 is 0 Å². The summed E-state index contributed by atoms with van der Waals surface area (Å²) in [6.07, 6.45) is 3.03. The van der Waals surface area contributed by atoms with Gasteiger partial charge in [0.1, 0.15) is 0 Å². The van der Waals surface area contributed by atoms with Crippen molar-refractivity contribution in [2.45, 2.75) is 33.1 Å². The first-order chi connectivity index (χ1) is 10.2. The zero-order valence-corrected chi connectivity index (χ0v) is 13.6. The molecule has 0 fully saturated rings. The molecule has 0 aliphatic carbocycles. The summed E-state index contributed by atoms with van der Waals surface area (Å²) < 4.78 is 5.46. The maximum Gasteiger partial charge on any atom is 0.253 e. The summed E-state index contributed by atoms with van der Waals surface area (Å²) >= 11 is 5.97. The van der Waals surface area contributed by atoms with Crippen molar-refractivity contribution in [2.24, 2.45) is 0 Å². The second-order valence-electron chi connectivity index (χ2n) is 4.80. The molecule has 0 spiro atoms. The Morgan fingerprint density at radius 2 is 2.00 bits per heavy atom. The fourth-order valence-electron chi connectivity index (χ4n) is 1.87. The molecule has 0 aromatic heterocycles. The van der Waals surface area contributed by atoms with Crippen molar-refractivity contribution in [2.75, 3.05) is 31.6 Å². The van der Waals surface area contributed by atoms with Crippen LogP contribution in [0.4, 0.5) is 5.69 Å². The number of rotatable bonds is 10. The molecule has 0 heterocycles. The van der Waals surface area contributed by atoms with E-state index in [9.17, 15) is 4.79 Å². The predicted octanol–water partition coefficient (Wildman–Crippen LogP) is 3.71. The molecule has 0 unspecified atom stereocenters. The molecule has 0 bridgehead atoms. The highest BCUT2D eigenvalue weighted by Crippen LogP contribution is 2.20. The zero-order valence-electron chi connectivity index (χ0n) is 12.9. The third-order valence-electron chi connectivity index (χ3n) is 2.99. The fraction of sp³-hybridized carbons (Fsp3) is 0.562. The van der Waals surface area contributed by atoms with E-state index in [1.807, 2.05) is 13.0 Å². The Balaban J connectivity index is 2.39. The van der Waals surface area contributed by atoms with E-state index in [2.05, 4.69) is 17.6 Å². The third-order valence-corrected chi connectivity index (χ3v) is 3.22. The fourth-order valence-corrected chi connectivity index (χ4v) is 2.04. The van der Waals surface area contributed by atoms with Gasteiger partial charge in [0.15, 0.2) is 0 Å². The van der Waals surface area contributed by atoms with Crippen molar-refractivity contribution in [3.63, 3.8) is 0 Å². The number of ether oxygens (including phenoxy) is 1. The average Bonchev–Trinajstić information content (AvgIpc) is 2.48. The van der Waals surface area contributed by atoms with E-state index >= 15 is 0 Å². The second kappa shape index (κ2) is 10.5. The maximum atomic E-state index is 12.2. The molecule has 1 amide bonds. The molecule has 4 nitrogen and oxygen atoms in total. The Morgan fingerprint density at radius 3 is 2.71 bits per heavy atom. The predicted molar refractivity (Wildman–Crippen MR) is 88.3 cm³/mol. The lowest BCUT2D eigenvalue weighted by molar-refractivity contribution is 0.0941. The van der Waals surface area contributed by atoms with Crippen molar-refractivity contribution in [1.82, 2.24) is 5.32 Å². The molecule has 1 aromatic carbocycles. The molecule has 0 aliphatic heterocycles. The third kappa shape index (κ3) is 6.82. The van der Waals surface area contributed by atoms with Gasteiger partial charge in [-0.3, -0.25) is 4.79 Å². The van der Waals surface area contributed by atoms with Gasteiger partial charge in [-0.25, -0.2) is 0 Å². The van der Waals surface area contributed by atoms with Gasteiger partial charge in [-0.2, -0.15) is 0 Å². The summed E-state index contributed by atoms with van der Waals surface area (Å²) in [4.78, 5) is 12.2. The smallest absolute Gasteiger partial charge is 0.253 e. The molecule has 1 aromatic rings. The summed E-state index contributed by atoms with van der Waals surface area (Å²) in [5.74, 6) is -0.109. The lowest BCUT2D eigenvalue weighted by Gasteiger charge is -2.11. The van der Waals surface area contributed by atoms with Crippen molar-refractivity contribution >= 4 is 23.2 Å². The number of hydrogen-bond acceptors (Lipinski definition) is 3. The van der Waals surface area contributed by atoms with Gasteiger partial charge in [-0.05, 0) is 38.0 Å². The Labute approximate surface area is 132 Å². The first kappa shape index (κ1) is 17.8. The summed E-state index contributed by atoms with van der Waals surface area (Å²) in [5, 5.41) is 6.62. The number of hydrogen-bond donors (Lipinski definition) is 2. The van der Waals surface area contributed by atoms with Crippen LogP contribution in [0.15, 0.2) is 18.2 Å². The van der Waals surface area contributed by atoms with Gasteiger partial charge >= 0.3 is 0 Å². The quantitative estimate of drug-likeness (QED) is 0.648. The van der Waals surface area contributed by atoms with E-state index in [1.165, 1.54) is 0 Å². The molecule has 0 saturated heterocycles. The summed E-state index contributed by atoms with van der Waals surface area (Å²) in [6, 6.07) is 5.29. The minimum absolute atomic E-state index is 0.109. The molecule has 5 heteroatoms. The molecule has 0 atom stereocenters. The molecule has 118 valence electrons. The molecule has 1 rings (SSSR count). The monoisotopic (exact) mass is 312 g/mol. The molecule has 21 heavy (non-hydrogen) atoms. The summed E-state index contributed by atoms with van der Waals surface area (Å²) in [5.41, 5.74) is 1.38. The van der Waals surface area contributed by atoms with Crippen molar-refractivity contribution in [1.29, 1.82) is 0 Å². The van der Waals surface area contributed by atoms with E-state index in [0.717, 1.165) is 38.1 Å². The molecule has 0 aliphatic rings. The van der Waals surface area contributed by atoms with Crippen LogP contribution in [0.2, 0.25) is 5.02 Å². The van der Waals surface area contributed by atoms with Crippen LogP contribution in [0, 0.1) is 0 Å². The number of nitrogens with one attached hydrogen (secondary N) is 2. The number of benzene rings is 1. The second-order valence-corrected chi connectivity index (χ2v) is 5.23.